The lowest BCUT2D eigenvalue weighted by Gasteiger charge is -2.25. The first-order valence-electron chi connectivity index (χ1n) is 32.4. The van der Waals surface area contributed by atoms with E-state index in [9.17, 15) is 14.7 Å². The molecule has 7 nitrogen and oxygen atoms in total. The monoisotopic (exact) mass is 1390 g/mol. The number of halogens is 4. The third-order valence-electron chi connectivity index (χ3n) is 17.9. The number of hydrogen-bond donors (Lipinski definition) is 2. The van der Waals surface area contributed by atoms with E-state index in [1.807, 2.05) is 69.2 Å². The maximum Gasteiger partial charge on any atom is 0.490 e. The normalized spacial score (nSPS) is 16.7. The van der Waals surface area contributed by atoms with Crippen LogP contribution in [-0.4, -0.2) is 71.8 Å². The SMILES string of the molecule is Cc1c(/C=C/c2ccc(C=O)cc2Cl)cccc1-c1ccccc1.Cc1c(/C=C/c2ccc(CN3CCC[C@H]3CO)cc2Cl)cccc1-c1ccccc1.O=Cc1ccc(Br)c(Cl)c1.OCC1CCCC1.[CH2+]C1(C)OB(/C=C/c2cccc(-c3ccccc3)c2C)OC1(C)C. The predicted octanol–water partition coefficient (Wildman–Crippen LogP) is 21.9. The summed E-state index contributed by atoms with van der Waals surface area (Å²) in [5.74, 6) is 2.62. The van der Waals surface area contributed by atoms with Crippen LogP contribution in [-0.2, 0) is 15.9 Å². The summed E-state index contributed by atoms with van der Waals surface area (Å²) >= 11 is 21.7. The standard InChI is InChI=1S/C27H28ClNO.C22H17ClO.C21H24BO2.C7H4BrClO.C6H12O/c1-20-22(9-5-11-26(20)23-7-3-2-4-8-23)14-15-24-13-12-21(17-27(24)28)18-29-16-6-10-25(29)19-30;1-16-18(8-5-9-21(16)19-6-3-2-4-7-19)12-13-20-11-10-17(15-24)14-22(20)23;1-16-17(12-9-13-19(16)18-10-7-6-8-11-18)14-15-22-23-20(2,3)21(4,5)24-22;8-6-2-1-5(4-10)3-7(6)9;7-5-6-3-1-2-4-6/h2-5,7-9,11-15,17,25,30H,6,10,16,18-19H2,1H3;2-15H,1H3;6-15H,2H2,1,3-5H3;1-4H;6-7H,1-5H2/q;;+1;;/b15-14+;13-12+;15-14+;;/t25-;;;;/m0..../s1. The lowest BCUT2D eigenvalue weighted by molar-refractivity contribution is 0.0262. The molecule has 2 aliphatic heterocycles. The molecule has 12 heteroatoms. The second kappa shape index (κ2) is 36.1. The van der Waals surface area contributed by atoms with Gasteiger partial charge in [-0.05, 0) is 196 Å². The molecule has 9 aromatic rings. The predicted molar refractivity (Wildman–Crippen MR) is 405 cm³/mol. The van der Waals surface area contributed by atoms with E-state index >= 15 is 0 Å². The van der Waals surface area contributed by atoms with Gasteiger partial charge >= 0.3 is 7.12 Å². The zero-order valence-corrected chi connectivity index (χ0v) is 59.0. The Kier molecular flexibility index (Phi) is 27.9. The van der Waals surface area contributed by atoms with Crippen LogP contribution in [0, 0.1) is 33.6 Å². The van der Waals surface area contributed by atoms with Gasteiger partial charge in [-0.25, -0.2) is 0 Å². The molecule has 1 saturated carbocycles. The Morgan fingerprint density at radius 1 is 0.516 bits per heavy atom. The van der Waals surface area contributed by atoms with Gasteiger partial charge in [0.05, 0.1) is 18.6 Å². The number of nitrogens with zero attached hydrogens (tertiary/aromatic N) is 1. The van der Waals surface area contributed by atoms with Gasteiger partial charge in [-0.2, -0.15) is 0 Å². The average molecular weight is 1390 g/mol. The van der Waals surface area contributed by atoms with Crippen LogP contribution in [0.1, 0.15) is 130 Å². The maximum absolute atomic E-state index is 10.8. The number of aliphatic hydroxyl groups excluding tert-OH is 2. The van der Waals surface area contributed by atoms with Crippen molar-refractivity contribution in [3.63, 3.8) is 0 Å². The Balaban J connectivity index is 0.000000163. The van der Waals surface area contributed by atoms with Gasteiger partial charge in [0.1, 0.15) is 18.2 Å². The summed E-state index contributed by atoms with van der Waals surface area (Å²) in [7, 11) is -0.373. The van der Waals surface area contributed by atoms with Crippen LogP contribution >= 0.6 is 50.7 Å². The third-order valence-corrected chi connectivity index (χ3v) is 19.8. The summed E-state index contributed by atoms with van der Waals surface area (Å²) in [6.07, 6.45) is 19.3. The quantitative estimate of drug-likeness (QED) is 0.0457. The van der Waals surface area contributed by atoms with Crippen molar-refractivity contribution in [2.45, 2.75) is 104 Å². The number of rotatable bonds is 15. The minimum Gasteiger partial charge on any atom is -0.396 e. The third kappa shape index (κ3) is 20.8. The molecule has 2 atom stereocenters. The zero-order valence-electron chi connectivity index (χ0n) is 55.2. The summed E-state index contributed by atoms with van der Waals surface area (Å²) in [5, 5.41) is 20.0. The summed E-state index contributed by atoms with van der Waals surface area (Å²) in [6.45, 7) is 19.1. The van der Waals surface area contributed by atoms with Gasteiger partial charge in [0.2, 0.25) is 5.60 Å². The van der Waals surface area contributed by atoms with Crippen molar-refractivity contribution >= 4 is 101 Å². The molecular formula is C83H85BBrCl3NO6+. The van der Waals surface area contributed by atoms with Crippen LogP contribution in [0.2, 0.25) is 15.1 Å². The van der Waals surface area contributed by atoms with Crippen LogP contribution < -0.4 is 0 Å². The molecule has 95 heavy (non-hydrogen) atoms. The molecule has 12 rings (SSSR count). The minimum absolute atomic E-state index is 0.232. The molecule has 2 saturated heterocycles. The molecule has 1 unspecified atom stereocenters. The van der Waals surface area contributed by atoms with Crippen molar-refractivity contribution in [1.29, 1.82) is 0 Å². The van der Waals surface area contributed by atoms with E-state index in [1.165, 1.54) is 92.4 Å². The van der Waals surface area contributed by atoms with E-state index in [2.05, 4.69) is 206 Å². The van der Waals surface area contributed by atoms with Gasteiger partial charge in [-0.3, -0.25) is 14.5 Å². The van der Waals surface area contributed by atoms with Crippen LogP contribution in [0.4, 0.5) is 0 Å². The Bertz CT molecular complexity index is 4040. The van der Waals surface area contributed by atoms with Gasteiger partial charge in [-0.1, -0.05) is 260 Å². The fraction of sp³-hybridized carbons (Fsp3) is 0.241. The number of carbonyl (C=O) groups excluding carboxylic acids is 2. The molecule has 0 amide bonds. The highest BCUT2D eigenvalue weighted by Crippen LogP contribution is 2.38. The first-order valence-corrected chi connectivity index (χ1v) is 34.3. The maximum atomic E-state index is 10.8. The summed E-state index contributed by atoms with van der Waals surface area (Å²) in [5.41, 5.74) is 17.9. The van der Waals surface area contributed by atoms with Crippen molar-refractivity contribution in [2.24, 2.45) is 5.92 Å². The van der Waals surface area contributed by atoms with Crippen LogP contribution in [0.3, 0.4) is 0 Å². The van der Waals surface area contributed by atoms with E-state index < -0.39 is 11.2 Å². The number of benzene rings is 9. The van der Waals surface area contributed by atoms with Crippen LogP contribution in [0.25, 0.3) is 63.8 Å². The van der Waals surface area contributed by atoms with Crippen molar-refractivity contribution < 1.29 is 29.1 Å². The zero-order chi connectivity index (χ0) is 67.9. The van der Waals surface area contributed by atoms with Gasteiger partial charge in [0.25, 0.3) is 0 Å². The topological polar surface area (TPSA) is 96.3 Å². The van der Waals surface area contributed by atoms with E-state index in [-0.39, 0.29) is 19.8 Å². The molecule has 0 spiro atoms. The molecule has 1 aliphatic carbocycles. The molecule has 0 radical (unpaired) electrons. The van der Waals surface area contributed by atoms with Gasteiger partial charge in [0.15, 0.2) is 0 Å². The highest BCUT2D eigenvalue weighted by molar-refractivity contribution is 9.10. The van der Waals surface area contributed by atoms with Crippen molar-refractivity contribution in [2.75, 3.05) is 19.8 Å². The lowest BCUT2D eigenvalue weighted by atomic mass is 9.87. The molecule has 3 fully saturated rings. The molecule has 0 aromatic heterocycles. The molecule has 0 bridgehead atoms. The highest BCUT2D eigenvalue weighted by Gasteiger charge is 2.55. The van der Waals surface area contributed by atoms with E-state index in [0.717, 1.165) is 64.7 Å². The van der Waals surface area contributed by atoms with E-state index in [1.54, 1.807) is 30.3 Å². The summed E-state index contributed by atoms with van der Waals surface area (Å²) < 4.78 is 12.7. The molecule has 3 aliphatic rings. The van der Waals surface area contributed by atoms with Crippen molar-refractivity contribution in [1.82, 2.24) is 4.90 Å². The molecule has 2 N–H and O–H groups in total. The fourth-order valence-electron chi connectivity index (χ4n) is 11.6. The highest BCUT2D eigenvalue weighted by atomic mass is 79.9. The molecular weight excluding hydrogens is 1300 g/mol. The molecule has 9 aromatic carbocycles. The Morgan fingerprint density at radius 3 is 1.37 bits per heavy atom. The number of likely N-dealkylation sites (tertiary alicyclic amines) is 1. The lowest BCUT2D eigenvalue weighted by Crippen LogP contribution is -2.42. The summed E-state index contributed by atoms with van der Waals surface area (Å²) in [4.78, 5) is 23.3. The van der Waals surface area contributed by atoms with Crippen LogP contribution in [0.5, 0.6) is 0 Å². The van der Waals surface area contributed by atoms with Crippen molar-refractivity contribution in [3.05, 3.63) is 294 Å². The molecule has 488 valence electrons. The van der Waals surface area contributed by atoms with Gasteiger partial charge in [0, 0.05) is 51.8 Å². The largest absolute Gasteiger partial charge is 0.490 e. The van der Waals surface area contributed by atoms with Gasteiger partial charge in [-0.15, -0.1) is 0 Å². The molecule has 2 heterocycles. The Morgan fingerprint density at radius 2 is 0.958 bits per heavy atom. The smallest absolute Gasteiger partial charge is 0.396 e. The van der Waals surface area contributed by atoms with Crippen molar-refractivity contribution in [3.8, 4) is 33.4 Å². The first-order chi connectivity index (χ1) is 45.8. The Labute approximate surface area is 587 Å². The second-order valence-electron chi connectivity index (χ2n) is 24.9. The minimum atomic E-state index is -0.553. The fourth-order valence-corrected chi connectivity index (χ4v) is 12.6. The first kappa shape index (κ1) is 73.4. The van der Waals surface area contributed by atoms with Crippen LogP contribution in [0.15, 0.2) is 211 Å². The number of aliphatic hydroxyl groups is 2. The second-order valence-corrected chi connectivity index (χ2v) is 26.9. The Hall–Kier alpha value is -7.38. The average Bonchev–Trinajstić information content (AvgIpc) is 1.68. The van der Waals surface area contributed by atoms with Gasteiger partial charge < -0.3 is 19.5 Å². The van der Waals surface area contributed by atoms with E-state index in [0.29, 0.717) is 33.7 Å². The number of hydrogen-bond acceptors (Lipinski definition) is 7. The number of aldehydes is 2. The summed E-state index contributed by atoms with van der Waals surface area (Å²) in [6, 6.07) is 67.2. The number of carbonyl (C=O) groups is 2. The van der Waals surface area contributed by atoms with E-state index in [4.69, 9.17) is 49.2 Å².